The molecule has 0 saturated carbocycles. The van der Waals surface area contributed by atoms with Gasteiger partial charge in [0.15, 0.2) is 0 Å². The second-order valence-corrected chi connectivity index (χ2v) is 8.34. The van der Waals surface area contributed by atoms with Crippen LogP contribution in [-0.2, 0) is 17.8 Å². The lowest BCUT2D eigenvalue weighted by Crippen LogP contribution is -2.40. The van der Waals surface area contributed by atoms with Crippen molar-refractivity contribution < 1.29 is 14.0 Å². The summed E-state index contributed by atoms with van der Waals surface area (Å²) in [5.41, 5.74) is 2.48. The largest absolute Gasteiger partial charge is 0.348 e. The van der Waals surface area contributed by atoms with Gasteiger partial charge in [-0.3, -0.25) is 9.59 Å². The zero-order valence-corrected chi connectivity index (χ0v) is 18.6. The van der Waals surface area contributed by atoms with Gasteiger partial charge in [-0.25, -0.2) is 14.4 Å². The summed E-state index contributed by atoms with van der Waals surface area (Å²) < 4.78 is 13.9. The molecule has 1 aliphatic rings. The molecule has 1 N–H and O–H groups in total. The standard InChI is InChI=1S/C26H27FN4O2/c1-18-22(26(33)29-15-19-8-3-2-4-9-19)16-28-25(30-18)21-11-7-13-31(17-21)24(32)14-20-10-5-6-12-23(20)27/h2-6,8-10,12,16,21H,7,11,13-15,17H2,1H3,(H,29,33). The molecule has 170 valence electrons. The van der Waals surface area contributed by atoms with Gasteiger partial charge in [0.25, 0.3) is 5.91 Å². The van der Waals surface area contributed by atoms with Gasteiger partial charge in [-0.05, 0) is 37.0 Å². The normalized spacial score (nSPS) is 15.8. The van der Waals surface area contributed by atoms with Crippen molar-refractivity contribution in [1.82, 2.24) is 20.2 Å². The lowest BCUT2D eigenvalue weighted by Gasteiger charge is -2.32. The first-order valence-corrected chi connectivity index (χ1v) is 11.2. The van der Waals surface area contributed by atoms with E-state index in [1.807, 2.05) is 30.3 Å². The van der Waals surface area contributed by atoms with E-state index in [0.29, 0.717) is 42.3 Å². The predicted molar refractivity (Wildman–Crippen MR) is 123 cm³/mol. The molecule has 3 aromatic rings. The van der Waals surface area contributed by atoms with Crippen LogP contribution in [0.1, 0.15) is 51.8 Å². The smallest absolute Gasteiger partial charge is 0.254 e. The zero-order valence-electron chi connectivity index (χ0n) is 18.6. The predicted octanol–water partition coefficient (Wildman–Crippen LogP) is 3.80. The van der Waals surface area contributed by atoms with Gasteiger partial charge in [-0.2, -0.15) is 0 Å². The van der Waals surface area contributed by atoms with Gasteiger partial charge in [0.1, 0.15) is 11.6 Å². The molecule has 0 radical (unpaired) electrons. The van der Waals surface area contributed by atoms with Crippen molar-refractivity contribution in [3.05, 3.63) is 94.8 Å². The quantitative estimate of drug-likeness (QED) is 0.625. The number of benzene rings is 2. The van der Waals surface area contributed by atoms with E-state index in [4.69, 9.17) is 0 Å². The number of nitrogens with zero attached hydrogens (tertiary/aromatic N) is 3. The monoisotopic (exact) mass is 446 g/mol. The van der Waals surface area contributed by atoms with Crippen LogP contribution in [0.5, 0.6) is 0 Å². The van der Waals surface area contributed by atoms with Crippen molar-refractivity contribution >= 4 is 11.8 Å². The molecule has 2 aromatic carbocycles. The fourth-order valence-corrected chi connectivity index (χ4v) is 4.11. The maximum Gasteiger partial charge on any atom is 0.254 e. The number of piperidine rings is 1. The Balaban J connectivity index is 1.39. The first-order valence-electron chi connectivity index (χ1n) is 11.2. The number of nitrogens with one attached hydrogen (secondary N) is 1. The zero-order chi connectivity index (χ0) is 23.2. The third kappa shape index (κ3) is 5.61. The van der Waals surface area contributed by atoms with Crippen LogP contribution in [0.25, 0.3) is 0 Å². The summed E-state index contributed by atoms with van der Waals surface area (Å²) >= 11 is 0. The highest BCUT2D eigenvalue weighted by Gasteiger charge is 2.27. The molecule has 2 amide bonds. The van der Waals surface area contributed by atoms with E-state index in [1.165, 1.54) is 6.07 Å². The van der Waals surface area contributed by atoms with Gasteiger partial charge in [-0.15, -0.1) is 0 Å². The molecule has 7 heteroatoms. The fourth-order valence-electron chi connectivity index (χ4n) is 4.11. The molecule has 1 unspecified atom stereocenters. The van der Waals surface area contributed by atoms with Crippen LogP contribution in [0.4, 0.5) is 4.39 Å². The van der Waals surface area contributed by atoms with E-state index in [-0.39, 0.29) is 30.0 Å². The fraction of sp³-hybridized carbons (Fsp3) is 0.308. The molecule has 33 heavy (non-hydrogen) atoms. The van der Waals surface area contributed by atoms with Gasteiger partial charge in [0.05, 0.1) is 17.7 Å². The Hall–Kier alpha value is -3.61. The van der Waals surface area contributed by atoms with E-state index in [1.54, 1.807) is 36.2 Å². The molecule has 1 aliphatic heterocycles. The third-order valence-electron chi connectivity index (χ3n) is 5.98. The molecule has 1 fully saturated rings. The topological polar surface area (TPSA) is 75.2 Å². The van der Waals surface area contributed by atoms with Gasteiger partial charge < -0.3 is 10.2 Å². The Labute approximate surface area is 192 Å². The van der Waals surface area contributed by atoms with Crippen LogP contribution in [-0.4, -0.2) is 39.8 Å². The minimum absolute atomic E-state index is 0.0107. The average Bonchev–Trinajstić information content (AvgIpc) is 2.84. The van der Waals surface area contributed by atoms with Gasteiger partial charge >= 0.3 is 0 Å². The molecule has 0 spiro atoms. The average molecular weight is 447 g/mol. The number of likely N-dealkylation sites (tertiary alicyclic amines) is 1. The number of halogens is 1. The van der Waals surface area contributed by atoms with Gasteiger partial charge in [-0.1, -0.05) is 48.5 Å². The molecule has 1 saturated heterocycles. The summed E-state index contributed by atoms with van der Waals surface area (Å²) in [5, 5.41) is 2.90. The minimum atomic E-state index is -0.362. The number of carbonyl (C=O) groups is 2. The van der Waals surface area contributed by atoms with Gasteiger partial charge in [0.2, 0.25) is 5.91 Å². The summed E-state index contributed by atoms with van der Waals surface area (Å²) in [4.78, 5) is 36.2. The summed E-state index contributed by atoms with van der Waals surface area (Å²) in [6.45, 7) is 3.37. The second-order valence-electron chi connectivity index (χ2n) is 8.34. The molecule has 4 rings (SSSR count). The number of carbonyl (C=O) groups excluding carboxylic acids is 2. The summed E-state index contributed by atoms with van der Waals surface area (Å²) in [5.74, 6) is -0.0508. The van der Waals surface area contributed by atoms with Crippen molar-refractivity contribution in [1.29, 1.82) is 0 Å². The second kappa shape index (κ2) is 10.3. The first-order chi connectivity index (χ1) is 16.0. The number of hydrogen-bond donors (Lipinski definition) is 1. The molecule has 0 aliphatic carbocycles. The lowest BCUT2D eigenvalue weighted by molar-refractivity contribution is -0.131. The number of hydrogen-bond acceptors (Lipinski definition) is 4. The molecule has 1 atom stereocenters. The Morgan fingerprint density at radius 1 is 1.12 bits per heavy atom. The van der Waals surface area contributed by atoms with E-state index >= 15 is 0 Å². The molecule has 1 aromatic heterocycles. The summed E-state index contributed by atoms with van der Waals surface area (Å²) in [6.07, 6.45) is 3.30. The van der Waals surface area contributed by atoms with Crippen molar-refractivity contribution in [2.75, 3.05) is 13.1 Å². The van der Waals surface area contributed by atoms with Crippen LogP contribution in [0.2, 0.25) is 0 Å². The number of rotatable bonds is 6. The van der Waals surface area contributed by atoms with Crippen molar-refractivity contribution in [2.24, 2.45) is 0 Å². The van der Waals surface area contributed by atoms with Crippen molar-refractivity contribution in [3.8, 4) is 0 Å². The summed E-state index contributed by atoms with van der Waals surface area (Å²) in [7, 11) is 0. The Kier molecular flexibility index (Phi) is 7.07. The van der Waals surface area contributed by atoms with Crippen molar-refractivity contribution in [2.45, 2.75) is 38.6 Å². The van der Waals surface area contributed by atoms with Crippen LogP contribution >= 0.6 is 0 Å². The molecular weight excluding hydrogens is 419 g/mol. The van der Waals surface area contributed by atoms with Crippen LogP contribution in [0.3, 0.4) is 0 Å². The third-order valence-corrected chi connectivity index (χ3v) is 5.98. The highest BCUT2D eigenvalue weighted by molar-refractivity contribution is 5.94. The Morgan fingerprint density at radius 3 is 2.64 bits per heavy atom. The Bertz CT molecular complexity index is 1140. The van der Waals surface area contributed by atoms with E-state index in [2.05, 4.69) is 15.3 Å². The van der Waals surface area contributed by atoms with Gasteiger partial charge in [0, 0.05) is 31.7 Å². The summed E-state index contributed by atoms with van der Waals surface area (Å²) in [6, 6.07) is 16.1. The van der Waals surface area contributed by atoms with E-state index in [9.17, 15) is 14.0 Å². The highest BCUT2D eigenvalue weighted by atomic mass is 19.1. The van der Waals surface area contributed by atoms with E-state index in [0.717, 1.165) is 18.4 Å². The van der Waals surface area contributed by atoms with Crippen LogP contribution < -0.4 is 5.32 Å². The number of amides is 2. The first kappa shape index (κ1) is 22.6. The minimum Gasteiger partial charge on any atom is -0.348 e. The maximum atomic E-state index is 13.9. The lowest BCUT2D eigenvalue weighted by atomic mass is 9.96. The molecule has 6 nitrogen and oxygen atoms in total. The molecule has 0 bridgehead atoms. The SMILES string of the molecule is Cc1nc(C2CCCN(C(=O)Cc3ccccc3F)C2)ncc1C(=O)NCc1ccccc1. The van der Waals surface area contributed by atoms with Crippen LogP contribution in [0, 0.1) is 12.7 Å². The maximum absolute atomic E-state index is 13.9. The Morgan fingerprint density at radius 2 is 1.88 bits per heavy atom. The highest BCUT2D eigenvalue weighted by Crippen LogP contribution is 2.25. The molecular formula is C26H27FN4O2. The van der Waals surface area contributed by atoms with E-state index < -0.39 is 0 Å². The number of aryl methyl sites for hydroxylation is 1. The van der Waals surface area contributed by atoms with Crippen molar-refractivity contribution in [3.63, 3.8) is 0 Å². The van der Waals surface area contributed by atoms with Crippen LogP contribution in [0.15, 0.2) is 60.8 Å². The molecule has 2 heterocycles. The number of aromatic nitrogens is 2.